The monoisotopic (exact) mass is 329 g/mol. The van der Waals surface area contributed by atoms with Crippen LogP contribution in [0.2, 0.25) is 10.0 Å². The van der Waals surface area contributed by atoms with Gasteiger partial charge in [0.25, 0.3) is 0 Å². The minimum absolute atomic E-state index is 0.221. The Labute approximate surface area is 138 Å². The van der Waals surface area contributed by atoms with Crippen LogP contribution in [0.15, 0.2) is 12.1 Å². The Hall–Kier alpha value is -0.440. The number of hydrogen-bond donors (Lipinski definition) is 1. The average Bonchev–Trinajstić information content (AvgIpc) is 2.45. The van der Waals surface area contributed by atoms with E-state index >= 15 is 0 Å². The van der Waals surface area contributed by atoms with E-state index in [0.717, 1.165) is 10.6 Å². The molecule has 1 saturated carbocycles. The van der Waals surface area contributed by atoms with E-state index in [1.165, 1.54) is 32.1 Å². The van der Waals surface area contributed by atoms with E-state index in [4.69, 9.17) is 27.9 Å². The van der Waals surface area contributed by atoms with Crippen LogP contribution >= 0.6 is 23.2 Å². The number of nitrogens with one attached hydrogen (secondary N) is 1. The van der Waals surface area contributed by atoms with Crippen molar-refractivity contribution in [3.63, 3.8) is 0 Å². The Morgan fingerprint density at radius 3 is 2.43 bits per heavy atom. The van der Waals surface area contributed by atoms with Gasteiger partial charge in [0.15, 0.2) is 0 Å². The second-order valence-corrected chi connectivity index (χ2v) is 6.99. The molecule has 0 radical (unpaired) electrons. The third-order valence-electron chi connectivity index (χ3n) is 4.64. The van der Waals surface area contributed by atoms with Gasteiger partial charge in [0.1, 0.15) is 5.75 Å². The fourth-order valence-corrected chi connectivity index (χ4v) is 4.05. The molecule has 4 heteroatoms. The van der Waals surface area contributed by atoms with Crippen molar-refractivity contribution in [3.8, 4) is 5.75 Å². The topological polar surface area (TPSA) is 21.3 Å². The summed E-state index contributed by atoms with van der Waals surface area (Å²) < 4.78 is 5.52. The predicted molar refractivity (Wildman–Crippen MR) is 90.6 cm³/mol. The molecule has 1 unspecified atom stereocenters. The molecule has 1 aromatic carbocycles. The van der Waals surface area contributed by atoms with Crippen molar-refractivity contribution in [1.29, 1.82) is 0 Å². The van der Waals surface area contributed by atoms with Gasteiger partial charge in [-0.25, -0.2) is 0 Å². The lowest BCUT2D eigenvalue weighted by Crippen LogP contribution is -2.36. The van der Waals surface area contributed by atoms with E-state index in [1.54, 1.807) is 0 Å². The highest BCUT2D eigenvalue weighted by Gasteiger charge is 2.36. The van der Waals surface area contributed by atoms with Crippen LogP contribution in [0.3, 0.4) is 0 Å². The van der Waals surface area contributed by atoms with Crippen LogP contribution in [0.1, 0.15) is 57.6 Å². The molecule has 1 atom stereocenters. The van der Waals surface area contributed by atoms with Gasteiger partial charge < -0.3 is 10.1 Å². The van der Waals surface area contributed by atoms with Gasteiger partial charge in [0.2, 0.25) is 0 Å². The zero-order valence-corrected chi connectivity index (χ0v) is 14.7. The third-order valence-corrected chi connectivity index (χ3v) is 5.27. The summed E-state index contributed by atoms with van der Waals surface area (Å²) in [5, 5.41) is 4.83. The molecule has 1 aliphatic carbocycles. The number of halogens is 2. The van der Waals surface area contributed by atoms with Crippen LogP contribution < -0.4 is 10.1 Å². The van der Waals surface area contributed by atoms with Gasteiger partial charge in [-0.05, 0) is 43.9 Å². The molecule has 1 N–H and O–H groups in total. The zero-order chi connectivity index (χ0) is 15.5. The van der Waals surface area contributed by atoms with Crippen LogP contribution in [0.5, 0.6) is 5.75 Å². The number of ether oxygens (including phenoxy) is 1. The van der Waals surface area contributed by atoms with Crippen molar-refractivity contribution < 1.29 is 4.74 Å². The summed E-state index contributed by atoms with van der Waals surface area (Å²) in [6.07, 6.45) is 6.36. The van der Waals surface area contributed by atoms with Crippen molar-refractivity contribution in [2.75, 3.05) is 13.7 Å². The second-order valence-electron chi connectivity index (χ2n) is 6.17. The van der Waals surface area contributed by atoms with Crippen molar-refractivity contribution in [3.05, 3.63) is 27.7 Å². The smallest absolute Gasteiger partial charge is 0.139 e. The Bertz CT molecular complexity index is 484. The molecule has 0 bridgehead atoms. The van der Waals surface area contributed by atoms with Crippen molar-refractivity contribution in [1.82, 2.24) is 5.32 Å². The lowest BCUT2D eigenvalue weighted by atomic mass is 9.68. The van der Waals surface area contributed by atoms with Gasteiger partial charge in [-0.2, -0.15) is 0 Å². The average molecular weight is 330 g/mol. The van der Waals surface area contributed by atoms with E-state index in [-0.39, 0.29) is 11.5 Å². The summed E-state index contributed by atoms with van der Waals surface area (Å²) >= 11 is 12.9. The first-order valence-electron chi connectivity index (χ1n) is 7.81. The van der Waals surface area contributed by atoms with Crippen LogP contribution in [-0.2, 0) is 0 Å². The van der Waals surface area contributed by atoms with Gasteiger partial charge in [0.05, 0.1) is 11.6 Å². The SMILES string of the molecule is CCOc1cc(Cl)c(C(NC)C2(C)CCCCC2)cc1Cl. The molecule has 1 aromatic rings. The molecule has 2 nitrogen and oxygen atoms in total. The van der Waals surface area contributed by atoms with Crippen LogP contribution in [-0.4, -0.2) is 13.7 Å². The summed E-state index contributed by atoms with van der Waals surface area (Å²) in [6, 6.07) is 4.04. The first kappa shape index (κ1) is 16.9. The first-order valence-corrected chi connectivity index (χ1v) is 8.56. The molecule has 0 aromatic heterocycles. The number of hydrogen-bond acceptors (Lipinski definition) is 2. The number of rotatable bonds is 5. The molecule has 1 aliphatic rings. The van der Waals surface area contributed by atoms with Crippen LogP contribution in [0.25, 0.3) is 0 Å². The van der Waals surface area contributed by atoms with E-state index in [1.807, 2.05) is 26.1 Å². The van der Waals surface area contributed by atoms with Gasteiger partial charge >= 0.3 is 0 Å². The maximum atomic E-state index is 6.51. The molecule has 0 saturated heterocycles. The van der Waals surface area contributed by atoms with Crippen molar-refractivity contribution in [2.45, 2.75) is 52.0 Å². The Morgan fingerprint density at radius 2 is 1.86 bits per heavy atom. The highest BCUT2D eigenvalue weighted by molar-refractivity contribution is 6.34. The van der Waals surface area contributed by atoms with Crippen molar-refractivity contribution >= 4 is 23.2 Å². The lowest BCUT2D eigenvalue weighted by Gasteiger charge is -2.41. The van der Waals surface area contributed by atoms with E-state index in [0.29, 0.717) is 17.4 Å². The summed E-state index contributed by atoms with van der Waals surface area (Å²) in [5.74, 6) is 0.663. The van der Waals surface area contributed by atoms with Crippen LogP contribution in [0.4, 0.5) is 0 Å². The predicted octanol–water partition coefficient (Wildman–Crippen LogP) is 5.62. The highest BCUT2D eigenvalue weighted by atomic mass is 35.5. The van der Waals surface area contributed by atoms with Gasteiger partial charge in [-0.3, -0.25) is 0 Å². The third kappa shape index (κ3) is 3.67. The normalized spacial score (nSPS) is 19.3. The summed E-state index contributed by atoms with van der Waals surface area (Å²) in [5.41, 5.74) is 1.31. The first-order chi connectivity index (χ1) is 10.0. The molecular formula is C17H25Cl2NO. The summed E-state index contributed by atoms with van der Waals surface area (Å²) in [4.78, 5) is 0. The molecule has 21 heavy (non-hydrogen) atoms. The Balaban J connectivity index is 2.35. The minimum Gasteiger partial charge on any atom is -0.492 e. The maximum absolute atomic E-state index is 6.51. The molecular weight excluding hydrogens is 305 g/mol. The summed E-state index contributed by atoms with van der Waals surface area (Å²) in [6.45, 7) is 4.88. The maximum Gasteiger partial charge on any atom is 0.139 e. The molecule has 0 spiro atoms. The Morgan fingerprint density at radius 1 is 1.19 bits per heavy atom. The Kier molecular flexibility index (Phi) is 5.81. The van der Waals surface area contributed by atoms with Gasteiger partial charge in [-0.1, -0.05) is 49.4 Å². The standard InChI is InChI=1S/C17H25Cl2NO/c1-4-21-15-11-13(18)12(10-14(15)19)16(20-3)17(2)8-6-5-7-9-17/h10-11,16,20H,4-9H2,1-3H3. The number of benzene rings is 1. The van der Waals surface area contributed by atoms with Gasteiger partial charge in [0, 0.05) is 17.1 Å². The minimum atomic E-state index is 0.221. The fourth-order valence-electron chi connectivity index (χ4n) is 3.56. The molecule has 2 rings (SSSR count). The molecule has 118 valence electrons. The molecule has 0 amide bonds. The molecule has 0 aliphatic heterocycles. The zero-order valence-electron chi connectivity index (χ0n) is 13.1. The quantitative estimate of drug-likeness (QED) is 0.756. The van der Waals surface area contributed by atoms with Crippen LogP contribution in [0, 0.1) is 5.41 Å². The van der Waals surface area contributed by atoms with E-state index in [2.05, 4.69) is 12.2 Å². The summed E-state index contributed by atoms with van der Waals surface area (Å²) in [7, 11) is 2.01. The largest absolute Gasteiger partial charge is 0.492 e. The second kappa shape index (κ2) is 7.21. The van der Waals surface area contributed by atoms with Gasteiger partial charge in [-0.15, -0.1) is 0 Å². The van der Waals surface area contributed by atoms with E-state index in [9.17, 15) is 0 Å². The fraction of sp³-hybridized carbons (Fsp3) is 0.647. The van der Waals surface area contributed by atoms with Crippen molar-refractivity contribution in [2.24, 2.45) is 5.41 Å². The molecule has 1 fully saturated rings. The highest BCUT2D eigenvalue weighted by Crippen LogP contribution is 2.48. The lowest BCUT2D eigenvalue weighted by molar-refractivity contribution is 0.150. The molecule has 0 heterocycles. The van der Waals surface area contributed by atoms with E-state index < -0.39 is 0 Å².